The van der Waals surface area contributed by atoms with E-state index >= 15 is 0 Å². The summed E-state index contributed by atoms with van der Waals surface area (Å²) in [5, 5.41) is 3.01. The molecule has 108 valence electrons. The summed E-state index contributed by atoms with van der Waals surface area (Å²) in [6, 6.07) is 13.9. The second kappa shape index (κ2) is 6.90. The van der Waals surface area contributed by atoms with Gasteiger partial charge < -0.3 is 10.1 Å². The molecule has 0 saturated heterocycles. The van der Waals surface area contributed by atoms with Gasteiger partial charge in [-0.05, 0) is 31.2 Å². The second-order valence-electron chi connectivity index (χ2n) is 4.39. The van der Waals surface area contributed by atoms with Crippen LogP contribution < -0.4 is 10.1 Å². The molecule has 0 radical (unpaired) electrons. The number of ether oxygens (including phenoxy) is 1. The summed E-state index contributed by atoms with van der Waals surface area (Å²) in [6.07, 6.45) is -0.146. The summed E-state index contributed by atoms with van der Waals surface area (Å²) >= 11 is 6.00. The summed E-state index contributed by atoms with van der Waals surface area (Å²) in [6.45, 7) is 1.59. The van der Waals surface area contributed by atoms with Crippen LogP contribution in [-0.4, -0.2) is 18.3 Å². The molecular weight excluding hydrogens is 290 g/mol. The van der Waals surface area contributed by atoms with Crippen molar-refractivity contribution in [1.82, 2.24) is 0 Å². The third-order valence-electron chi connectivity index (χ3n) is 2.83. The summed E-state index contributed by atoms with van der Waals surface area (Å²) in [7, 11) is 0. The van der Waals surface area contributed by atoms with Gasteiger partial charge in [-0.2, -0.15) is 0 Å². The van der Waals surface area contributed by atoms with Crippen LogP contribution in [0.2, 0.25) is 5.02 Å². The predicted octanol–water partition coefficient (Wildman–Crippen LogP) is 3.56. The number of hydrogen-bond donors (Lipinski definition) is 1. The molecule has 1 N–H and O–H groups in total. The topological polar surface area (TPSA) is 55.4 Å². The molecule has 1 amide bonds. The number of para-hydroxylation sites is 2. The van der Waals surface area contributed by atoms with E-state index in [1.54, 1.807) is 37.3 Å². The van der Waals surface area contributed by atoms with Crippen molar-refractivity contribution in [2.75, 3.05) is 5.32 Å². The Hall–Kier alpha value is -2.33. The highest BCUT2D eigenvalue weighted by atomic mass is 35.5. The van der Waals surface area contributed by atoms with E-state index in [4.69, 9.17) is 16.3 Å². The standard InChI is InChI=1S/C16H14ClNO3/c1-11(16(20)18-13-7-3-2-4-8-13)21-15-12(10-19)6-5-9-14(15)17/h2-11H,1H3,(H,18,20). The molecule has 0 fully saturated rings. The smallest absolute Gasteiger partial charge is 0.265 e. The van der Waals surface area contributed by atoms with Crippen LogP contribution in [0.25, 0.3) is 0 Å². The van der Waals surface area contributed by atoms with Crippen LogP contribution >= 0.6 is 11.6 Å². The zero-order chi connectivity index (χ0) is 15.2. The van der Waals surface area contributed by atoms with Gasteiger partial charge in [0.25, 0.3) is 5.91 Å². The highest BCUT2D eigenvalue weighted by Crippen LogP contribution is 2.28. The number of anilines is 1. The van der Waals surface area contributed by atoms with Crippen molar-refractivity contribution in [1.29, 1.82) is 0 Å². The summed E-state index contributed by atoms with van der Waals surface area (Å²) in [4.78, 5) is 23.0. The highest BCUT2D eigenvalue weighted by molar-refractivity contribution is 6.32. The lowest BCUT2D eigenvalue weighted by atomic mass is 10.2. The maximum atomic E-state index is 12.1. The van der Waals surface area contributed by atoms with E-state index < -0.39 is 6.10 Å². The van der Waals surface area contributed by atoms with Crippen molar-refractivity contribution in [2.24, 2.45) is 0 Å². The maximum Gasteiger partial charge on any atom is 0.265 e. The average molecular weight is 304 g/mol. The first-order valence-electron chi connectivity index (χ1n) is 6.38. The Labute approximate surface area is 127 Å². The van der Waals surface area contributed by atoms with Gasteiger partial charge in [-0.3, -0.25) is 9.59 Å². The van der Waals surface area contributed by atoms with E-state index in [2.05, 4.69) is 5.32 Å². The summed E-state index contributed by atoms with van der Waals surface area (Å²) < 4.78 is 5.53. The second-order valence-corrected chi connectivity index (χ2v) is 4.80. The Morgan fingerprint density at radius 1 is 1.19 bits per heavy atom. The Bertz CT molecular complexity index is 643. The molecule has 2 aromatic carbocycles. The van der Waals surface area contributed by atoms with Gasteiger partial charge in [-0.1, -0.05) is 35.9 Å². The zero-order valence-electron chi connectivity index (χ0n) is 11.4. The minimum absolute atomic E-state index is 0.213. The number of nitrogens with one attached hydrogen (secondary N) is 1. The van der Waals surface area contributed by atoms with E-state index in [9.17, 15) is 9.59 Å². The number of aldehydes is 1. The molecule has 1 unspecified atom stereocenters. The molecule has 21 heavy (non-hydrogen) atoms. The minimum Gasteiger partial charge on any atom is -0.479 e. The van der Waals surface area contributed by atoms with Crippen molar-refractivity contribution in [2.45, 2.75) is 13.0 Å². The predicted molar refractivity (Wildman–Crippen MR) is 82.0 cm³/mol. The fourth-order valence-electron chi connectivity index (χ4n) is 1.74. The van der Waals surface area contributed by atoms with Gasteiger partial charge in [0.05, 0.1) is 10.6 Å². The van der Waals surface area contributed by atoms with E-state index in [0.717, 1.165) is 0 Å². The maximum absolute atomic E-state index is 12.1. The van der Waals surface area contributed by atoms with Crippen LogP contribution in [-0.2, 0) is 4.79 Å². The van der Waals surface area contributed by atoms with Crippen LogP contribution in [0, 0.1) is 0 Å². The molecule has 0 aliphatic rings. The molecule has 0 heterocycles. The van der Waals surface area contributed by atoms with Crippen LogP contribution in [0.5, 0.6) is 5.75 Å². The Morgan fingerprint density at radius 2 is 1.90 bits per heavy atom. The van der Waals surface area contributed by atoms with Gasteiger partial charge in [0.15, 0.2) is 12.4 Å². The molecule has 0 saturated carbocycles. The number of carbonyl (C=O) groups is 2. The lowest BCUT2D eigenvalue weighted by molar-refractivity contribution is -0.122. The minimum atomic E-state index is -0.788. The molecule has 2 rings (SSSR count). The number of benzene rings is 2. The Kier molecular flexibility index (Phi) is 4.95. The van der Waals surface area contributed by atoms with Gasteiger partial charge in [0, 0.05) is 5.69 Å². The molecule has 1 atom stereocenters. The summed E-state index contributed by atoms with van der Waals surface area (Å²) in [5.41, 5.74) is 0.981. The molecule has 0 aliphatic carbocycles. The first kappa shape index (κ1) is 15.1. The Morgan fingerprint density at radius 3 is 2.57 bits per heavy atom. The summed E-state index contributed by atoms with van der Waals surface area (Å²) in [5.74, 6) is -0.108. The monoisotopic (exact) mass is 303 g/mol. The van der Waals surface area contributed by atoms with Crippen molar-refractivity contribution in [3.05, 3.63) is 59.1 Å². The molecule has 5 heteroatoms. The van der Waals surface area contributed by atoms with E-state index in [1.807, 2.05) is 18.2 Å². The van der Waals surface area contributed by atoms with Gasteiger partial charge >= 0.3 is 0 Å². The molecule has 4 nitrogen and oxygen atoms in total. The number of hydrogen-bond acceptors (Lipinski definition) is 3. The average Bonchev–Trinajstić information content (AvgIpc) is 2.50. The number of carbonyl (C=O) groups excluding carboxylic acids is 2. The van der Waals surface area contributed by atoms with E-state index in [-0.39, 0.29) is 11.7 Å². The number of amides is 1. The molecule has 0 bridgehead atoms. The zero-order valence-corrected chi connectivity index (χ0v) is 12.1. The number of halogens is 1. The third-order valence-corrected chi connectivity index (χ3v) is 3.13. The van der Waals surface area contributed by atoms with Crippen LogP contribution in [0.1, 0.15) is 17.3 Å². The normalized spacial score (nSPS) is 11.5. The molecular formula is C16H14ClNO3. The highest BCUT2D eigenvalue weighted by Gasteiger charge is 2.18. The first-order chi connectivity index (χ1) is 10.1. The fourth-order valence-corrected chi connectivity index (χ4v) is 1.96. The van der Waals surface area contributed by atoms with Crippen molar-refractivity contribution < 1.29 is 14.3 Å². The van der Waals surface area contributed by atoms with Gasteiger partial charge in [-0.25, -0.2) is 0 Å². The van der Waals surface area contributed by atoms with Gasteiger partial charge in [0.1, 0.15) is 5.75 Å². The molecule has 0 aromatic heterocycles. The van der Waals surface area contributed by atoms with E-state index in [0.29, 0.717) is 22.6 Å². The molecule has 0 aliphatic heterocycles. The largest absolute Gasteiger partial charge is 0.479 e. The van der Waals surface area contributed by atoms with Gasteiger partial charge in [-0.15, -0.1) is 0 Å². The number of rotatable bonds is 5. The SMILES string of the molecule is CC(Oc1c(Cl)cccc1C=O)C(=O)Nc1ccccc1. The Balaban J connectivity index is 2.09. The lowest BCUT2D eigenvalue weighted by Gasteiger charge is -2.16. The van der Waals surface area contributed by atoms with Crippen LogP contribution in [0.15, 0.2) is 48.5 Å². The van der Waals surface area contributed by atoms with Crippen molar-refractivity contribution >= 4 is 29.5 Å². The fraction of sp³-hybridized carbons (Fsp3) is 0.125. The first-order valence-corrected chi connectivity index (χ1v) is 6.76. The van der Waals surface area contributed by atoms with Crippen molar-refractivity contribution in [3.63, 3.8) is 0 Å². The lowest BCUT2D eigenvalue weighted by Crippen LogP contribution is -2.30. The van der Waals surface area contributed by atoms with Crippen LogP contribution in [0.3, 0.4) is 0 Å². The third kappa shape index (κ3) is 3.83. The van der Waals surface area contributed by atoms with Gasteiger partial charge in [0.2, 0.25) is 0 Å². The van der Waals surface area contributed by atoms with E-state index in [1.165, 1.54) is 0 Å². The quantitative estimate of drug-likeness (QED) is 0.859. The van der Waals surface area contributed by atoms with Crippen LogP contribution in [0.4, 0.5) is 5.69 Å². The molecule has 2 aromatic rings. The molecule has 0 spiro atoms. The van der Waals surface area contributed by atoms with Crippen molar-refractivity contribution in [3.8, 4) is 5.75 Å².